The Morgan fingerprint density at radius 2 is 2.17 bits per heavy atom. The summed E-state index contributed by atoms with van der Waals surface area (Å²) in [5.74, 6) is 0.986. The van der Waals surface area contributed by atoms with E-state index < -0.39 is 0 Å². The Hall–Kier alpha value is -2.50. The highest BCUT2D eigenvalue weighted by Crippen LogP contribution is 2.36. The fourth-order valence-corrected chi connectivity index (χ4v) is 2.65. The van der Waals surface area contributed by atoms with Crippen LogP contribution < -0.4 is 15.8 Å². The number of hydrogen-bond acceptors (Lipinski definition) is 4. The molecule has 1 amide bonds. The van der Waals surface area contributed by atoms with E-state index in [0.29, 0.717) is 18.1 Å². The minimum Gasteiger partial charge on any atom is -0.496 e. The number of nitrogen functional groups attached to an aromatic ring is 1. The summed E-state index contributed by atoms with van der Waals surface area (Å²) in [6, 6.07) is 9.55. The molecule has 124 valence electrons. The number of nitrogens with zero attached hydrogens (tertiary/aromatic N) is 1. The lowest BCUT2D eigenvalue weighted by Crippen LogP contribution is -2.31. The van der Waals surface area contributed by atoms with E-state index >= 15 is 0 Å². The van der Waals surface area contributed by atoms with Crippen molar-refractivity contribution in [3.63, 3.8) is 0 Å². The molecule has 1 heterocycles. The number of para-hydroxylation sites is 1. The molecule has 2 rings (SSSR count). The molecule has 0 spiro atoms. The van der Waals surface area contributed by atoms with E-state index in [4.69, 9.17) is 10.5 Å². The SMILES string of the molecule is CC[C@@](C)(CCNC(=O)c1cc(N)n[nH]1)c1ccccc1OC. The summed E-state index contributed by atoms with van der Waals surface area (Å²) in [6.07, 6.45) is 1.75. The molecule has 1 aromatic carbocycles. The van der Waals surface area contributed by atoms with Crippen LogP contribution in [0.2, 0.25) is 0 Å². The number of ether oxygens (including phenoxy) is 1. The zero-order valence-corrected chi connectivity index (χ0v) is 13.8. The summed E-state index contributed by atoms with van der Waals surface area (Å²) in [5.41, 5.74) is 6.96. The zero-order valence-electron chi connectivity index (χ0n) is 13.8. The van der Waals surface area contributed by atoms with Crippen LogP contribution in [0.25, 0.3) is 0 Å². The van der Waals surface area contributed by atoms with Gasteiger partial charge in [-0.15, -0.1) is 0 Å². The number of nitrogens with two attached hydrogens (primary N) is 1. The van der Waals surface area contributed by atoms with Gasteiger partial charge in [-0.1, -0.05) is 32.0 Å². The molecule has 0 unspecified atom stereocenters. The van der Waals surface area contributed by atoms with Gasteiger partial charge >= 0.3 is 0 Å². The molecule has 23 heavy (non-hydrogen) atoms. The van der Waals surface area contributed by atoms with Crippen molar-refractivity contribution in [1.29, 1.82) is 0 Å². The molecular formula is C17H24N4O2. The van der Waals surface area contributed by atoms with Gasteiger partial charge in [0.2, 0.25) is 0 Å². The van der Waals surface area contributed by atoms with Crippen LogP contribution in [0.1, 0.15) is 42.7 Å². The third-order valence-electron chi connectivity index (χ3n) is 4.34. The molecule has 0 aliphatic carbocycles. The lowest BCUT2D eigenvalue weighted by atomic mass is 9.77. The standard InChI is InChI=1S/C17H24N4O2/c1-4-17(2,12-7-5-6-8-14(12)23-3)9-10-19-16(22)13-11-15(18)21-20-13/h5-8,11H,4,9-10H2,1-3H3,(H,19,22)(H3,18,20,21)/t17-/m0/s1. The number of rotatable bonds is 7. The van der Waals surface area contributed by atoms with E-state index in [-0.39, 0.29) is 11.3 Å². The average molecular weight is 316 g/mol. The lowest BCUT2D eigenvalue weighted by Gasteiger charge is -2.30. The van der Waals surface area contributed by atoms with E-state index in [0.717, 1.165) is 24.2 Å². The van der Waals surface area contributed by atoms with Crippen molar-refractivity contribution in [1.82, 2.24) is 15.5 Å². The number of H-pyrrole nitrogens is 1. The first kappa shape index (κ1) is 16.9. The Labute approximate surface area is 136 Å². The van der Waals surface area contributed by atoms with Crippen LogP contribution in [0.15, 0.2) is 30.3 Å². The van der Waals surface area contributed by atoms with Crippen molar-refractivity contribution in [2.75, 3.05) is 19.4 Å². The fraction of sp³-hybridized carbons (Fsp3) is 0.412. The highest BCUT2D eigenvalue weighted by atomic mass is 16.5. The van der Waals surface area contributed by atoms with Crippen molar-refractivity contribution in [3.05, 3.63) is 41.6 Å². The number of benzene rings is 1. The molecule has 1 atom stereocenters. The number of nitrogens with one attached hydrogen (secondary N) is 2. The average Bonchev–Trinajstić information content (AvgIpc) is 3.01. The van der Waals surface area contributed by atoms with Gasteiger partial charge in [0.15, 0.2) is 0 Å². The Morgan fingerprint density at radius 3 is 2.78 bits per heavy atom. The predicted octanol–water partition coefficient (Wildman–Crippen LogP) is 2.49. The van der Waals surface area contributed by atoms with Gasteiger partial charge in [-0.05, 0) is 24.3 Å². The number of carbonyl (C=O) groups is 1. The molecule has 0 aliphatic heterocycles. The van der Waals surface area contributed by atoms with Gasteiger partial charge in [0.1, 0.15) is 17.3 Å². The van der Waals surface area contributed by atoms with Gasteiger partial charge in [-0.25, -0.2) is 0 Å². The number of anilines is 1. The van der Waals surface area contributed by atoms with Gasteiger partial charge in [-0.2, -0.15) is 5.10 Å². The monoisotopic (exact) mass is 316 g/mol. The summed E-state index contributed by atoms with van der Waals surface area (Å²) in [5, 5.41) is 9.27. The first-order chi connectivity index (χ1) is 11.0. The molecule has 6 heteroatoms. The Morgan fingerprint density at radius 1 is 1.43 bits per heavy atom. The first-order valence-corrected chi connectivity index (χ1v) is 7.72. The number of methoxy groups -OCH3 is 1. The van der Waals surface area contributed by atoms with Crippen molar-refractivity contribution in [3.8, 4) is 5.75 Å². The summed E-state index contributed by atoms with van der Waals surface area (Å²) >= 11 is 0. The smallest absolute Gasteiger partial charge is 0.269 e. The second-order valence-corrected chi connectivity index (χ2v) is 5.83. The normalized spacial score (nSPS) is 13.3. The molecule has 0 aliphatic rings. The van der Waals surface area contributed by atoms with E-state index in [1.165, 1.54) is 6.07 Å². The van der Waals surface area contributed by atoms with Crippen LogP contribution in [-0.2, 0) is 5.41 Å². The number of amides is 1. The first-order valence-electron chi connectivity index (χ1n) is 7.72. The largest absolute Gasteiger partial charge is 0.496 e. The minimum atomic E-state index is -0.201. The Kier molecular flexibility index (Phi) is 5.26. The van der Waals surface area contributed by atoms with Crippen LogP contribution in [-0.4, -0.2) is 29.8 Å². The van der Waals surface area contributed by atoms with Gasteiger partial charge < -0.3 is 15.8 Å². The van der Waals surface area contributed by atoms with Gasteiger partial charge in [0.05, 0.1) is 7.11 Å². The van der Waals surface area contributed by atoms with Crippen LogP contribution in [0.5, 0.6) is 5.75 Å². The number of aromatic nitrogens is 2. The number of aromatic amines is 1. The predicted molar refractivity (Wildman–Crippen MR) is 90.6 cm³/mol. The third kappa shape index (κ3) is 3.83. The molecule has 0 saturated carbocycles. The molecule has 4 N–H and O–H groups in total. The van der Waals surface area contributed by atoms with E-state index in [1.807, 2.05) is 18.2 Å². The zero-order chi connectivity index (χ0) is 16.9. The molecule has 0 radical (unpaired) electrons. The molecular weight excluding hydrogens is 292 g/mol. The Balaban J connectivity index is 2.03. The minimum absolute atomic E-state index is 0.0765. The molecule has 2 aromatic rings. The molecule has 0 saturated heterocycles. The van der Waals surface area contributed by atoms with Crippen molar-refractivity contribution < 1.29 is 9.53 Å². The Bertz CT molecular complexity index is 668. The molecule has 0 fully saturated rings. The number of hydrogen-bond donors (Lipinski definition) is 3. The lowest BCUT2D eigenvalue weighted by molar-refractivity contribution is 0.0945. The molecule has 6 nitrogen and oxygen atoms in total. The van der Waals surface area contributed by atoms with Crippen molar-refractivity contribution in [2.45, 2.75) is 32.1 Å². The second-order valence-electron chi connectivity index (χ2n) is 5.83. The maximum atomic E-state index is 12.0. The highest BCUT2D eigenvalue weighted by molar-refractivity contribution is 5.92. The van der Waals surface area contributed by atoms with Crippen molar-refractivity contribution >= 4 is 11.7 Å². The van der Waals surface area contributed by atoms with Gasteiger partial charge in [0, 0.05) is 18.2 Å². The second kappa shape index (κ2) is 7.17. The van der Waals surface area contributed by atoms with E-state index in [2.05, 4.69) is 35.4 Å². The van der Waals surface area contributed by atoms with Crippen LogP contribution in [0.3, 0.4) is 0 Å². The summed E-state index contributed by atoms with van der Waals surface area (Å²) in [7, 11) is 1.68. The number of carbonyl (C=O) groups excluding carboxylic acids is 1. The molecule has 0 bridgehead atoms. The summed E-state index contributed by atoms with van der Waals surface area (Å²) in [6.45, 7) is 4.88. The van der Waals surface area contributed by atoms with E-state index in [9.17, 15) is 4.79 Å². The quantitative estimate of drug-likeness (QED) is 0.731. The summed E-state index contributed by atoms with van der Waals surface area (Å²) in [4.78, 5) is 12.0. The van der Waals surface area contributed by atoms with Gasteiger partial charge in [0.25, 0.3) is 5.91 Å². The maximum absolute atomic E-state index is 12.0. The van der Waals surface area contributed by atoms with Crippen LogP contribution in [0, 0.1) is 0 Å². The van der Waals surface area contributed by atoms with Crippen LogP contribution in [0.4, 0.5) is 5.82 Å². The third-order valence-corrected chi connectivity index (χ3v) is 4.34. The molecule has 1 aromatic heterocycles. The van der Waals surface area contributed by atoms with Crippen molar-refractivity contribution in [2.24, 2.45) is 0 Å². The van der Waals surface area contributed by atoms with Gasteiger partial charge in [-0.3, -0.25) is 9.89 Å². The fourth-order valence-electron chi connectivity index (χ4n) is 2.65. The summed E-state index contributed by atoms with van der Waals surface area (Å²) < 4.78 is 5.48. The van der Waals surface area contributed by atoms with Crippen LogP contribution >= 0.6 is 0 Å². The van der Waals surface area contributed by atoms with E-state index in [1.54, 1.807) is 7.11 Å². The highest BCUT2D eigenvalue weighted by Gasteiger charge is 2.27. The maximum Gasteiger partial charge on any atom is 0.269 e. The topological polar surface area (TPSA) is 93.0 Å².